The zero-order chi connectivity index (χ0) is 22.9. The summed E-state index contributed by atoms with van der Waals surface area (Å²) in [6.45, 7) is 8.62. The zero-order valence-corrected chi connectivity index (χ0v) is 19.3. The molecule has 7 nitrogen and oxygen atoms in total. The lowest BCUT2D eigenvalue weighted by atomic mass is 9.92. The predicted octanol–water partition coefficient (Wildman–Crippen LogP) is 2.42. The van der Waals surface area contributed by atoms with Gasteiger partial charge in [0.1, 0.15) is 18.4 Å². The number of methoxy groups -OCH3 is 1. The molecular formula is C26H30N4O3. The van der Waals surface area contributed by atoms with Crippen LogP contribution in [0.5, 0.6) is 5.75 Å². The van der Waals surface area contributed by atoms with Gasteiger partial charge in [-0.3, -0.25) is 4.90 Å². The summed E-state index contributed by atoms with van der Waals surface area (Å²) < 4.78 is 10.6. The van der Waals surface area contributed by atoms with E-state index in [4.69, 9.17) is 9.47 Å². The number of nitrogens with zero attached hydrogens (tertiary/aromatic N) is 3. The van der Waals surface area contributed by atoms with E-state index in [0.29, 0.717) is 24.0 Å². The van der Waals surface area contributed by atoms with Crippen molar-refractivity contribution in [2.75, 3.05) is 46.4 Å². The maximum atomic E-state index is 11.9. The van der Waals surface area contributed by atoms with Gasteiger partial charge in [-0.15, -0.1) is 0 Å². The fourth-order valence-electron chi connectivity index (χ4n) is 5.40. The van der Waals surface area contributed by atoms with E-state index < -0.39 is 0 Å². The van der Waals surface area contributed by atoms with Crippen molar-refractivity contribution in [1.29, 1.82) is 5.26 Å². The molecule has 1 N–H and O–H groups in total. The molecule has 0 bridgehead atoms. The molecule has 172 valence electrons. The number of cyclic esters (lactones) is 1. The Kier molecular flexibility index (Phi) is 6.07. The van der Waals surface area contributed by atoms with Gasteiger partial charge in [0.15, 0.2) is 0 Å². The Morgan fingerprint density at radius 2 is 2.12 bits per heavy atom. The number of carbonyl (C=O) groups excluding carboxylic acids is 1. The van der Waals surface area contributed by atoms with Gasteiger partial charge in [-0.1, -0.05) is 12.1 Å². The van der Waals surface area contributed by atoms with Crippen LogP contribution in [-0.2, 0) is 17.8 Å². The Hall–Kier alpha value is -2.92. The molecule has 7 heteroatoms. The third-order valence-corrected chi connectivity index (χ3v) is 7.39. The van der Waals surface area contributed by atoms with Crippen LogP contribution < -0.4 is 10.1 Å². The summed E-state index contributed by atoms with van der Waals surface area (Å²) in [4.78, 5) is 17.0. The van der Waals surface area contributed by atoms with Crippen molar-refractivity contribution in [2.45, 2.75) is 32.0 Å². The van der Waals surface area contributed by atoms with Crippen molar-refractivity contribution < 1.29 is 14.3 Å². The third kappa shape index (κ3) is 4.22. The van der Waals surface area contributed by atoms with Crippen molar-refractivity contribution >= 4 is 5.97 Å². The number of rotatable bonds is 5. The van der Waals surface area contributed by atoms with Gasteiger partial charge in [0.05, 0.1) is 18.2 Å². The summed E-state index contributed by atoms with van der Waals surface area (Å²) in [6.07, 6.45) is 0.944. The minimum Gasteiger partial charge on any atom is -0.495 e. The first-order valence-electron chi connectivity index (χ1n) is 11.6. The van der Waals surface area contributed by atoms with Crippen LogP contribution in [0.4, 0.5) is 0 Å². The highest BCUT2D eigenvalue weighted by molar-refractivity contribution is 5.94. The van der Waals surface area contributed by atoms with E-state index in [1.807, 2.05) is 24.3 Å². The quantitative estimate of drug-likeness (QED) is 0.707. The number of ether oxygens (including phenoxy) is 2. The van der Waals surface area contributed by atoms with Gasteiger partial charge in [0.2, 0.25) is 0 Å². The van der Waals surface area contributed by atoms with E-state index in [-0.39, 0.29) is 12.0 Å². The lowest BCUT2D eigenvalue weighted by molar-refractivity contribution is 0.0426. The normalized spacial score (nSPS) is 22.9. The summed E-state index contributed by atoms with van der Waals surface area (Å²) >= 11 is 0. The Morgan fingerprint density at radius 3 is 2.94 bits per heavy atom. The SMILES string of the molecule is COc1cc(CCN2CCN3C[C@@H](c4ccc5c(c4C)COC5=O)NCC3C2)ccc1C#N. The van der Waals surface area contributed by atoms with Crippen LogP contribution >= 0.6 is 0 Å². The molecule has 5 rings (SSSR count). The molecule has 2 atom stereocenters. The monoisotopic (exact) mass is 446 g/mol. The molecule has 0 saturated carbocycles. The van der Waals surface area contributed by atoms with Gasteiger partial charge in [-0.05, 0) is 48.2 Å². The topological polar surface area (TPSA) is 77.8 Å². The number of benzene rings is 2. The second-order valence-electron chi connectivity index (χ2n) is 9.19. The van der Waals surface area contributed by atoms with Crippen molar-refractivity contribution in [3.63, 3.8) is 0 Å². The summed E-state index contributed by atoms with van der Waals surface area (Å²) in [5.41, 5.74) is 6.01. The molecule has 2 aromatic rings. The van der Waals surface area contributed by atoms with E-state index in [0.717, 1.165) is 56.8 Å². The largest absolute Gasteiger partial charge is 0.495 e. The zero-order valence-electron chi connectivity index (χ0n) is 19.3. The van der Waals surface area contributed by atoms with Crippen LogP contribution in [0.3, 0.4) is 0 Å². The van der Waals surface area contributed by atoms with E-state index >= 15 is 0 Å². The number of hydrogen-bond acceptors (Lipinski definition) is 7. The molecule has 2 saturated heterocycles. The maximum Gasteiger partial charge on any atom is 0.338 e. The average Bonchev–Trinajstić information content (AvgIpc) is 3.23. The molecule has 2 fully saturated rings. The molecule has 0 spiro atoms. The minimum atomic E-state index is -0.202. The van der Waals surface area contributed by atoms with E-state index in [1.165, 1.54) is 16.7 Å². The van der Waals surface area contributed by atoms with Gasteiger partial charge in [-0.2, -0.15) is 5.26 Å². The van der Waals surface area contributed by atoms with E-state index in [1.54, 1.807) is 7.11 Å². The Bertz CT molecular complexity index is 1110. The Morgan fingerprint density at radius 1 is 1.24 bits per heavy atom. The smallest absolute Gasteiger partial charge is 0.338 e. The molecule has 3 heterocycles. The molecule has 3 aliphatic heterocycles. The Balaban J connectivity index is 1.18. The number of carbonyl (C=O) groups is 1. The van der Waals surface area contributed by atoms with Crippen molar-refractivity contribution in [3.8, 4) is 11.8 Å². The minimum absolute atomic E-state index is 0.202. The summed E-state index contributed by atoms with van der Waals surface area (Å²) in [5.74, 6) is 0.451. The number of esters is 1. The first-order valence-corrected chi connectivity index (χ1v) is 11.6. The molecular weight excluding hydrogens is 416 g/mol. The summed E-state index contributed by atoms with van der Waals surface area (Å²) in [7, 11) is 1.61. The summed E-state index contributed by atoms with van der Waals surface area (Å²) in [5, 5.41) is 12.9. The molecule has 0 aromatic heterocycles. The van der Waals surface area contributed by atoms with Crippen LogP contribution in [-0.4, -0.2) is 68.2 Å². The van der Waals surface area contributed by atoms with E-state index in [2.05, 4.69) is 34.2 Å². The fraction of sp³-hybridized carbons (Fsp3) is 0.462. The molecule has 0 radical (unpaired) electrons. The number of hydrogen-bond donors (Lipinski definition) is 1. The van der Waals surface area contributed by atoms with Gasteiger partial charge >= 0.3 is 5.97 Å². The number of nitrogens with one attached hydrogen (secondary N) is 1. The third-order valence-electron chi connectivity index (χ3n) is 7.39. The lowest BCUT2D eigenvalue weighted by Gasteiger charge is -2.47. The lowest BCUT2D eigenvalue weighted by Crippen LogP contribution is -2.61. The molecule has 2 aromatic carbocycles. The van der Waals surface area contributed by atoms with Crippen molar-refractivity contribution in [2.24, 2.45) is 0 Å². The first-order chi connectivity index (χ1) is 16.1. The molecule has 0 aliphatic carbocycles. The second-order valence-corrected chi connectivity index (χ2v) is 9.19. The second kappa shape index (κ2) is 9.14. The number of fused-ring (bicyclic) bond motifs is 2. The molecule has 0 amide bonds. The molecule has 33 heavy (non-hydrogen) atoms. The van der Waals surface area contributed by atoms with Crippen LogP contribution in [0.25, 0.3) is 0 Å². The maximum absolute atomic E-state index is 11.9. The number of nitriles is 1. The standard InChI is InChI=1S/C26H30N4O3/c1-17-21(5-6-22-23(17)16-33-26(22)31)24-15-30-10-9-29(14-20(30)13-28-24)8-7-18-3-4-19(12-27)25(11-18)32-2/h3-6,11,20,24,28H,7-10,13-16H2,1-2H3/t20?,24-/m0/s1. The van der Waals surface area contributed by atoms with Crippen LogP contribution in [0, 0.1) is 18.3 Å². The average molecular weight is 447 g/mol. The highest BCUT2D eigenvalue weighted by Crippen LogP contribution is 2.31. The predicted molar refractivity (Wildman–Crippen MR) is 124 cm³/mol. The van der Waals surface area contributed by atoms with Crippen LogP contribution in [0.1, 0.15) is 44.2 Å². The van der Waals surface area contributed by atoms with Gasteiger partial charge < -0.3 is 19.7 Å². The van der Waals surface area contributed by atoms with E-state index in [9.17, 15) is 10.1 Å². The van der Waals surface area contributed by atoms with Crippen LogP contribution in [0.15, 0.2) is 30.3 Å². The van der Waals surface area contributed by atoms with Crippen molar-refractivity contribution in [1.82, 2.24) is 15.1 Å². The fourth-order valence-corrected chi connectivity index (χ4v) is 5.40. The first kappa shape index (κ1) is 21.9. The van der Waals surface area contributed by atoms with Gasteiger partial charge in [-0.25, -0.2) is 4.79 Å². The van der Waals surface area contributed by atoms with Gasteiger partial charge in [0, 0.05) is 56.9 Å². The highest BCUT2D eigenvalue weighted by atomic mass is 16.5. The summed E-state index contributed by atoms with van der Waals surface area (Å²) in [6, 6.07) is 12.8. The Labute approximate surface area is 194 Å². The van der Waals surface area contributed by atoms with Crippen molar-refractivity contribution in [3.05, 3.63) is 63.7 Å². The number of piperazine rings is 2. The van der Waals surface area contributed by atoms with Crippen LogP contribution in [0.2, 0.25) is 0 Å². The van der Waals surface area contributed by atoms with Gasteiger partial charge in [0.25, 0.3) is 0 Å². The molecule has 1 unspecified atom stereocenters. The molecule has 3 aliphatic rings. The highest BCUT2D eigenvalue weighted by Gasteiger charge is 2.34.